The Morgan fingerprint density at radius 3 is 2.31 bits per heavy atom. The topological polar surface area (TPSA) is 84.3 Å². The van der Waals surface area contributed by atoms with Crippen LogP contribution in [0.25, 0.3) is 0 Å². The number of carbonyl (C=O) groups excluding carboxylic acids is 1. The maximum atomic E-state index is 13.0. The van der Waals surface area contributed by atoms with E-state index >= 15 is 0 Å². The molecule has 32 heavy (non-hydrogen) atoms. The van der Waals surface area contributed by atoms with Crippen LogP contribution in [-0.4, -0.2) is 41.3 Å². The number of rotatable bonds is 6. The van der Waals surface area contributed by atoms with Crippen molar-refractivity contribution in [3.8, 4) is 0 Å². The lowest BCUT2D eigenvalue weighted by Gasteiger charge is -2.29. The number of piperidine rings is 1. The van der Waals surface area contributed by atoms with Crippen molar-refractivity contribution in [2.75, 3.05) is 13.1 Å². The van der Waals surface area contributed by atoms with E-state index in [1.807, 2.05) is 48.1 Å². The Balaban J connectivity index is 1.53. The molecule has 3 aromatic rings. The van der Waals surface area contributed by atoms with Crippen molar-refractivity contribution in [3.05, 3.63) is 83.9 Å². The second-order valence-electron chi connectivity index (χ2n) is 8.32. The number of aryl methyl sites for hydroxylation is 1. The van der Waals surface area contributed by atoms with Crippen molar-refractivity contribution in [2.24, 2.45) is 13.0 Å². The summed E-state index contributed by atoms with van der Waals surface area (Å²) in [4.78, 5) is 17.6. The lowest BCUT2D eigenvalue weighted by atomic mass is 10.0. The van der Waals surface area contributed by atoms with Gasteiger partial charge in [-0.25, -0.2) is 13.4 Å². The molecule has 0 spiro atoms. The summed E-state index contributed by atoms with van der Waals surface area (Å²) in [6, 6.07) is 15.4. The highest BCUT2D eigenvalue weighted by atomic mass is 32.2. The second kappa shape index (κ2) is 9.26. The average Bonchev–Trinajstić information content (AvgIpc) is 3.23. The quantitative estimate of drug-likeness (QED) is 0.622. The van der Waals surface area contributed by atoms with Crippen molar-refractivity contribution in [2.45, 2.75) is 30.7 Å². The molecule has 4 rings (SSSR count). The zero-order chi connectivity index (χ0) is 22.7. The fourth-order valence-corrected chi connectivity index (χ4v) is 5.43. The van der Waals surface area contributed by atoms with Crippen LogP contribution in [0.4, 0.5) is 0 Å². The first-order chi connectivity index (χ1) is 15.4. The van der Waals surface area contributed by atoms with Crippen LogP contribution in [-0.2, 0) is 17.1 Å². The molecule has 8 heteroatoms. The van der Waals surface area contributed by atoms with Gasteiger partial charge in [0.1, 0.15) is 11.9 Å². The van der Waals surface area contributed by atoms with Crippen LogP contribution in [0.15, 0.2) is 71.9 Å². The molecule has 2 aromatic carbocycles. The minimum atomic E-state index is -3.55. The van der Waals surface area contributed by atoms with E-state index in [9.17, 15) is 13.2 Å². The van der Waals surface area contributed by atoms with E-state index in [0.29, 0.717) is 30.4 Å². The maximum absolute atomic E-state index is 13.0. The SMILES string of the molecule is CC1CCN(S(=O)(=O)c2ccc(C(=O)NC(c3ccccc3)c3nccn3C)cc2)CC1. The molecular weight excluding hydrogens is 424 g/mol. The second-order valence-corrected chi connectivity index (χ2v) is 10.3. The lowest BCUT2D eigenvalue weighted by Crippen LogP contribution is -2.37. The number of nitrogens with zero attached hydrogens (tertiary/aromatic N) is 3. The number of hydrogen-bond donors (Lipinski definition) is 1. The molecule has 0 saturated carbocycles. The van der Waals surface area contributed by atoms with E-state index in [-0.39, 0.29) is 10.8 Å². The van der Waals surface area contributed by atoms with Gasteiger partial charge in [-0.1, -0.05) is 37.3 Å². The first-order valence-corrected chi connectivity index (χ1v) is 12.2. The molecule has 0 bridgehead atoms. The molecule has 0 radical (unpaired) electrons. The summed E-state index contributed by atoms with van der Waals surface area (Å²) in [5.74, 6) is 0.962. The number of hydrogen-bond acceptors (Lipinski definition) is 4. The summed E-state index contributed by atoms with van der Waals surface area (Å²) in [6.45, 7) is 3.22. The van der Waals surface area contributed by atoms with E-state index in [4.69, 9.17) is 0 Å². The number of benzene rings is 2. The number of carbonyl (C=O) groups is 1. The monoisotopic (exact) mass is 452 g/mol. The number of nitrogens with one attached hydrogen (secondary N) is 1. The van der Waals surface area contributed by atoms with Gasteiger partial charge in [-0.3, -0.25) is 4.79 Å². The van der Waals surface area contributed by atoms with Crippen LogP contribution in [0, 0.1) is 5.92 Å². The van der Waals surface area contributed by atoms with Gasteiger partial charge in [0.2, 0.25) is 10.0 Å². The van der Waals surface area contributed by atoms with Gasteiger partial charge in [-0.05, 0) is 48.6 Å². The van der Waals surface area contributed by atoms with Crippen LogP contribution in [0.1, 0.15) is 47.6 Å². The smallest absolute Gasteiger partial charge is 0.252 e. The fourth-order valence-electron chi connectivity index (χ4n) is 3.96. The summed E-state index contributed by atoms with van der Waals surface area (Å²) >= 11 is 0. The number of amides is 1. The van der Waals surface area contributed by atoms with Crippen LogP contribution < -0.4 is 5.32 Å². The predicted molar refractivity (Wildman–Crippen MR) is 123 cm³/mol. The molecule has 1 unspecified atom stereocenters. The zero-order valence-electron chi connectivity index (χ0n) is 18.3. The van der Waals surface area contributed by atoms with Crippen molar-refractivity contribution in [3.63, 3.8) is 0 Å². The summed E-state index contributed by atoms with van der Waals surface area (Å²) in [7, 11) is -1.67. The molecule has 1 aliphatic rings. The molecule has 1 fully saturated rings. The third-order valence-corrected chi connectivity index (χ3v) is 7.93. The summed E-state index contributed by atoms with van der Waals surface area (Å²) in [6.07, 6.45) is 5.26. The number of sulfonamides is 1. The number of aromatic nitrogens is 2. The van der Waals surface area contributed by atoms with Crippen molar-refractivity contribution in [1.29, 1.82) is 0 Å². The highest BCUT2D eigenvalue weighted by Gasteiger charge is 2.28. The summed E-state index contributed by atoms with van der Waals surface area (Å²) < 4.78 is 29.3. The van der Waals surface area contributed by atoms with Gasteiger partial charge in [-0.15, -0.1) is 0 Å². The normalized spacial score (nSPS) is 16.6. The first kappa shape index (κ1) is 22.2. The molecule has 0 aliphatic carbocycles. The summed E-state index contributed by atoms with van der Waals surface area (Å²) in [5, 5.41) is 3.04. The van der Waals surface area contributed by atoms with Gasteiger partial charge < -0.3 is 9.88 Å². The highest BCUT2D eigenvalue weighted by molar-refractivity contribution is 7.89. The van der Waals surface area contributed by atoms with Crippen molar-refractivity contribution < 1.29 is 13.2 Å². The molecule has 1 aromatic heterocycles. The molecular formula is C24H28N4O3S. The Hall–Kier alpha value is -2.97. The van der Waals surface area contributed by atoms with E-state index in [0.717, 1.165) is 18.4 Å². The van der Waals surface area contributed by atoms with Crippen LogP contribution in [0.5, 0.6) is 0 Å². The molecule has 1 atom stereocenters. The third-order valence-electron chi connectivity index (χ3n) is 6.02. The zero-order valence-corrected chi connectivity index (χ0v) is 19.1. The van der Waals surface area contributed by atoms with Crippen LogP contribution in [0.3, 0.4) is 0 Å². The Labute approximate surface area is 189 Å². The molecule has 2 heterocycles. The van der Waals surface area contributed by atoms with Crippen LogP contribution in [0.2, 0.25) is 0 Å². The first-order valence-electron chi connectivity index (χ1n) is 10.8. The van der Waals surface area contributed by atoms with Gasteiger partial charge in [-0.2, -0.15) is 4.31 Å². The molecule has 1 aliphatic heterocycles. The van der Waals surface area contributed by atoms with Gasteiger partial charge >= 0.3 is 0 Å². The predicted octanol–water partition coefficient (Wildman–Crippen LogP) is 3.36. The molecule has 168 valence electrons. The van der Waals surface area contributed by atoms with Gasteiger partial charge in [0.15, 0.2) is 0 Å². The standard InChI is InChI=1S/C24H28N4O3S/c1-18-12-15-28(16-13-18)32(30,31)21-10-8-20(9-11-21)24(29)26-22(19-6-4-3-5-7-19)23-25-14-17-27(23)2/h3-11,14,17-18,22H,12-13,15-16H2,1-2H3,(H,26,29). The highest BCUT2D eigenvalue weighted by Crippen LogP contribution is 2.24. The minimum Gasteiger partial charge on any atom is -0.338 e. The maximum Gasteiger partial charge on any atom is 0.252 e. The fraction of sp³-hybridized carbons (Fsp3) is 0.333. The minimum absolute atomic E-state index is 0.215. The van der Waals surface area contributed by atoms with Crippen molar-refractivity contribution >= 4 is 15.9 Å². The van der Waals surface area contributed by atoms with E-state index in [1.165, 1.54) is 16.4 Å². The molecule has 1 amide bonds. The Kier molecular flexibility index (Phi) is 6.43. The van der Waals surface area contributed by atoms with Crippen molar-refractivity contribution in [1.82, 2.24) is 19.2 Å². The van der Waals surface area contributed by atoms with E-state index in [2.05, 4.69) is 17.2 Å². The largest absolute Gasteiger partial charge is 0.338 e. The Bertz CT molecular complexity index is 1170. The van der Waals surface area contributed by atoms with Gasteiger partial charge in [0.05, 0.1) is 4.90 Å². The lowest BCUT2D eigenvalue weighted by molar-refractivity contribution is 0.0941. The third kappa shape index (κ3) is 4.61. The average molecular weight is 453 g/mol. The Morgan fingerprint density at radius 1 is 1.06 bits per heavy atom. The van der Waals surface area contributed by atoms with Gasteiger partial charge in [0.25, 0.3) is 5.91 Å². The molecule has 7 nitrogen and oxygen atoms in total. The van der Waals surface area contributed by atoms with Gasteiger partial charge in [0, 0.05) is 38.1 Å². The number of imidazole rings is 1. The van der Waals surface area contributed by atoms with E-state index in [1.54, 1.807) is 18.3 Å². The van der Waals surface area contributed by atoms with Crippen LogP contribution >= 0.6 is 0 Å². The summed E-state index contributed by atoms with van der Waals surface area (Å²) in [5.41, 5.74) is 1.31. The molecule has 1 N–H and O–H groups in total. The Morgan fingerprint density at radius 2 is 1.72 bits per heavy atom. The molecule has 1 saturated heterocycles. The van der Waals surface area contributed by atoms with E-state index < -0.39 is 16.1 Å².